The molecule has 11 heavy (non-hydrogen) atoms. The van der Waals surface area contributed by atoms with E-state index in [0.29, 0.717) is 0 Å². The summed E-state index contributed by atoms with van der Waals surface area (Å²) >= 11 is 0. The first kappa shape index (κ1) is 13.1. The summed E-state index contributed by atoms with van der Waals surface area (Å²) in [5.74, 6) is -0.782. The Labute approximate surface area is 69.0 Å². The van der Waals surface area contributed by atoms with E-state index in [0.717, 1.165) is 0 Å². The van der Waals surface area contributed by atoms with Crippen molar-refractivity contribution < 1.29 is 9.90 Å². The molecule has 0 aliphatic heterocycles. The fourth-order valence-electron chi connectivity index (χ4n) is 0.221. The van der Waals surface area contributed by atoms with E-state index in [1.165, 1.54) is 6.42 Å². The van der Waals surface area contributed by atoms with Crippen LogP contribution in [0.25, 0.3) is 0 Å². The number of nitrogens with zero attached hydrogens (tertiary/aromatic N) is 1. The second kappa shape index (κ2) is 7.54. The van der Waals surface area contributed by atoms with Crippen LogP contribution in [0.2, 0.25) is 0 Å². The highest BCUT2D eigenvalue weighted by molar-refractivity contribution is 5.72. The van der Waals surface area contributed by atoms with Gasteiger partial charge in [0.2, 0.25) is 0 Å². The zero-order valence-corrected chi connectivity index (χ0v) is 8.09. The molecule has 3 nitrogen and oxygen atoms in total. The molecule has 1 atom stereocenters. The average Bonchev–Trinajstić information content (AvgIpc) is 1.87. The second-order valence-electron chi connectivity index (χ2n) is 2.68. The van der Waals surface area contributed by atoms with Crippen LogP contribution >= 0.6 is 0 Å². The quantitative estimate of drug-likeness (QED) is 0.666. The molecule has 0 aliphatic carbocycles. The van der Waals surface area contributed by atoms with Gasteiger partial charge in [-0.25, -0.2) is 0 Å². The Morgan fingerprint density at radius 3 is 1.73 bits per heavy atom. The molecule has 0 saturated heterocycles. The van der Waals surface area contributed by atoms with Crippen LogP contribution in [0.1, 0.15) is 27.2 Å². The van der Waals surface area contributed by atoms with Gasteiger partial charge in [-0.15, -0.1) is 0 Å². The summed E-state index contributed by atoms with van der Waals surface area (Å²) < 4.78 is 0. The average molecular weight is 161 g/mol. The normalized spacial score (nSPS) is 11.8. The van der Waals surface area contributed by atoms with Gasteiger partial charge in [-0.2, -0.15) is 0 Å². The molecule has 0 heterocycles. The Morgan fingerprint density at radius 2 is 1.73 bits per heavy atom. The number of carboxylic acids is 1. The molecule has 0 aliphatic rings. The molecule has 0 aromatic rings. The third-order valence-electron chi connectivity index (χ3n) is 1.13. The van der Waals surface area contributed by atoms with Crippen molar-refractivity contribution in [1.29, 1.82) is 0 Å². The lowest BCUT2D eigenvalue weighted by molar-refractivity contribution is -0.141. The van der Waals surface area contributed by atoms with Crippen LogP contribution in [-0.2, 0) is 4.79 Å². The maximum atomic E-state index is 10.1. The van der Waals surface area contributed by atoms with E-state index in [1.807, 2.05) is 0 Å². The third-order valence-corrected chi connectivity index (χ3v) is 1.13. The molecule has 0 saturated carbocycles. The van der Waals surface area contributed by atoms with Crippen molar-refractivity contribution in [2.45, 2.75) is 33.2 Å². The van der Waals surface area contributed by atoms with Crippen LogP contribution < -0.4 is 0 Å². The van der Waals surface area contributed by atoms with Gasteiger partial charge >= 0.3 is 5.97 Å². The summed E-state index contributed by atoms with van der Waals surface area (Å²) in [6.07, 6.45) is 1.25. The molecule has 0 radical (unpaired) electrons. The van der Waals surface area contributed by atoms with Gasteiger partial charge in [-0.3, -0.25) is 9.69 Å². The van der Waals surface area contributed by atoms with Crippen molar-refractivity contribution in [3.05, 3.63) is 0 Å². The standard InChI is InChI=1S/C5H11NO2.C3H8/c1-4(5(7)8)6(2)3;1-3-2/h4H,1-3H3,(H,7,8);3H2,1-2H3. The second-order valence-corrected chi connectivity index (χ2v) is 2.68. The van der Waals surface area contributed by atoms with Crippen molar-refractivity contribution in [2.24, 2.45) is 0 Å². The van der Waals surface area contributed by atoms with Crippen LogP contribution in [0, 0.1) is 0 Å². The van der Waals surface area contributed by atoms with Crippen molar-refractivity contribution in [1.82, 2.24) is 4.90 Å². The van der Waals surface area contributed by atoms with Crippen LogP contribution in [0.15, 0.2) is 0 Å². The van der Waals surface area contributed by atoms with E-state index in [-0.39, 0.29) is 6.04 Å². The van der Waals surface area contributed by atoms with Crippen LogP contribution in [-0.4, -0.2) is 36.1 Å². The predicted molar refractivity (Wildman–Crippen MR) is 46.7 cm³/mol. The van der Waals surface area contributed by atoms with Gasteiger partial charge in [0.15, 0.2) is 0 Å². The van der Waals surface area contributed by atoms with Gasteiger partial charge in [-0.05, 0) is 21.0 Å². The van der Waals surface area contributed by atoms with Gasteiger partial charge in [0.25, 0.3) is 0 Å². The Hall–Kier alpha value is -0.570. The lowest BCUT2D eigenvalue weighted by Gasteiger charge is -2.13. The predicted octanol–water partition coefficient (Wildman–Crippen LogP) is 1.44. The lowest BCUT2D eigenvalue weighted by Crippen LogP contribution is -2.32. The van der Waals surface area contributed by atoms with E-state index in [2.05, 4.69) is 13.8 Å². The summed E-state index contributed by atoms with van der Waals surface area (Å²) in [6, 6.07) is -0.380. The highest BCUT2D eigenvalue weighted by Crippen LogP contribution is 1.88. The molecular formula is C8H19NO2. The Balaban J connectivity index is 0. The van der Waals surface area contributed by atoms with E-state index in [9.17, 15) is 4.79 Å². The molecule has 0 fully saturated rings. The Morgan fingerprint density at radius 1 is 1.45 bits per heavy atom. The molecule has 68 valence electrons. The van der Waals surface area contributed by atoms with Gasteiger partial charge in [0.05, 0.1) is 0 Å². The number of carbonyl (C=O) groups is 1. The van der Waals surface area contributed by atoms with E-state index < -0.39 is 5.97 Å². The molecule has 0 bridgehead atoms. The molecular weight excluding hydrogens is 142 g/mol. The van der Waals surface area contributed by atoms with E-state index in [4.69, 9.17) is 5.11 Å². The van der Waals surface area contributed by atoms with Crippen LogP contribution in [0.3, 0.4) is 0 Å². The van der Waals surface area contributed by atoms with Crippen molar-refractivity contribution in [3.8, 4) is 0 Å². The zero-order valence-electron chi connectivity index (χ0n) is 8.09. The minimum atomic E-state index is -0.782. The summed E-state index contributed by atoms with van der Waals surface area (Å²) in [5.41, 5.74) is 0. The Kier molecular flexibility index (Phi) is 8.94. The van der Waals surface area contributed by atoms with E-state index >= 15 is 0 Å². The SMILES string of the molecule is CC(C(=O)O)N(C)C.CCC. The smallest absolute Gasteiger partial charge is 0.320 e. The number of hydrogen-bond donors (Lipinski definition) is 1. The molecule has 1 unspecified atom stereocenters. The lowest BCUT2D eigenvalue weighted by atomic mass is 10.3. The highest BCUT2D eigenvalue weighted by atomic mass is 16.4. The monoisotopic (exact) mass is 161 g/mol. The fourth-order valence-corrected chi connectivity index (χ4v) is 0.221. The van der Waals surface area contributed by atoms with Crippen molar-refractivity contribution >= 4 is 5.97 Å². The molecule has 0 rings (SSSR count). The number of hydrogen-bond acceptors (Lipinski definition) is 2. The summed E-state index contributed by atoms with van der Waals surface area (Å²) in [7, 11) is 3.47. The summed E-state index contributed by atoms with van der Waals surface area (Å²) in [4.78, 5) is 11.7. The molecule has 3 heteroatoms. The van der Waals surface area contributed by atoms with Crippen molar-refractivity contribution in [3.63, 3.8) is 0 Å². The number of rotatable bonds is 2. The first-order valence-electron chi connectivity index (χ1n) is 3.86. The minimum absolute atomic E-state index is 0.380. The van der Waals surface area contributed by atoms with Gasteiger partial charge in [0.1, 0.15) is 6.04 Å². The molecule has 1 N–H and O–H groups in total. The minimum Gasteiger partial charge on any atom is -0.480 e. The molecule has 0 spiro atoms. The Bertz CT molecular complexity index is 102. The largest absolute Gasteiger partial charge is 0.480 e. The van der Waals surface area contributed by atoms with Crippen LogP contribution in [0.4, 0.5) is 0 Å². The van der Waals surface area contributed by atoms with Gasteiger partial charge in [0, 0.05) is 0 Å². The molecule has 0 aromatic carbocycles. The number of likely N-dealkylation sites (N-methyl/N-ethyl adjacent to an activating group) is 1. The maximum absolute atomic E-state index is 10.1. The molecule has 0 amide bonds. The maximum Gasteiger partial charge on any atom is 0.320 e. The van der Waals surface area contributed by atoms with Crippen LogP contribution in [0.5, 0.6) is 0 Å². The third kappa shape index (κ3) is 9.43. The van der Waals surface area contributed by atoms with Crippen molar-refractivity contribution in [2.75, 3.05) is 14.1 Å². The number of aliphatic carboxylic acids is 1. The summed E-state index contributed by atoms with van der Waals surface area (Å²) in [5, 5.41) is 8.31. The number of carboxylic acid groups (broad SMARTS) is 1. The highest BCUT2D eigenvalue weighted by Gasteiger charge is 2.11. The first-order chi connectivity index (χ1) is 4.97. The molecule has 0 aromatic heterocycles. The summed E-state index contributed by atoms with van der Waals surface area (Å²) in [6.45, 7) is 5.89. The first-order valence-corrected chi connectivity index (χ1v) is 3.86. The fraction of sp³-hybridized carbons (Fsp3) is 0.875. The van der Waals surface area contributed by atoms with Gasteiger partial charge < -0.3 is 5.11 Å². The van der Waals surface area contributed by atoms with E-state index in [1.54, 1.807) is 25.9 Å². The topological polar surface area (TPSA) is 40.5 Å². The van der Waals surface area contributed by atoms with Gasteiger partial charge in [-0.1, -0.05) is 20.3 Å². The zero-order chi connectivity index (χ0) is 9.44.